The van der Waals surface area contributed by atoms with Crippen LogP contribution in [0.5, 0.6) is 0 Å². The maximum Gasteiger partial charge on any atom is 0.247 e. The molecule has 1 aromatic carbocycles. The van der Waals surface area contributed by atoms with E-state index in [0.29, 0.717) is 11.8 Å². The molecule has 0 saturated heterocycles. The highest BCUT2D eigenvalue weighted by atomic mass is 79.9. The van der Waals surface area contributed by atoms with E-state index in [2.05, 4.69) is 26.1 Å². The summed E-state index contributed by atoms with van der Waals surface area (Å²) in [6, 6.07) is 5.88. The number of aryl methyl sites for hydroxylation is 1. The number of rotatable bonds is 2. The Kier molecular flexibility index (Phi) is 2.83. The third kappa shape index (κ3) is 2.08. The van der Waals surface area contributed by atoms with Crippen LogP contribution in [-0.4, -0.2) is 10.2 Å². The third-order valence-electron chi connectivity index (χ3n) is 2.06. The molecule has 0 unspecified atom stereocenters. The third-order valence-corrected chi connectivity index (χ3v) is 2.91. The first-order valence-corrected chi connectivity index (χ1v) is 5.29. The average Bonchev–Trinajstić information content (AvgIpc) is 2.70. The summed E-state index contributed by atoms with van der Waals surface area (Å²) in [7, 11) is 0. The van der Waals surface area contributed by atoms with Crippen LogP contribution in [0.15, 0.2) is 27.1 Å². The topological polar surface area (TPSA) is 64.9 Å². The molecule has 0 aliphatic heterocycles. The molecule has 4 nitrogen and oxygen atoms in total. The molecule has 0 aliphatic rings. The minimum atomic E-state index is 0.264. The second-order valence-electron chi connectivity index (χ2n) is 3.17. The van der Waals surface area contributed by atoms with Crippen molar-refractivity contribution in [3.8, 4) is 11.5 Å². The molecule has 1 heterocycles. The van der Waals surface area contributed by atoms with E-state index < -0.39 is 0 Å². The van der Waals surface area contributed by atoms with Crippen LogP contribution in [0.25, 0.3) is 11.5 Å². The van der Waals surface area contributed by atoms with Gasteiger partial charge in [-0.1, -0.05) is 22.0 Å². The van der Waals surface area contributed by atoms with Crippen molar-refractivity contribution in [1.82, 2.24) is 10.2 Å². The standard InChI is InChI=1S/C10H10BrN3O/c1-6-2-3-7(4-8(6)11)10-14-13-9(5-12)15-10/h2-4H,5,12H2,1H3. The number of benzene rings is 1. The van der Waals surface area contributed by atoms with E-state index in [1.807, 2.05) is 25.1 Å². The van der Waals surface area contributed by atoms with Crippen molar-refractivity contribution in [2.75, 3.05) is 0 Å². The zero-order valence-corrected chi connectivity index (χ0v) is 9.78. The lowest BCUT2D eigenvalue weighted by Crippen LogP contribution is -1.95. The normalized spacial score (nSPS) is 10.6. The van der Waals surface area contributed by atoms with E-state index >= 15 is 0 Å². The molecule has 2 aromatic rings. The average molecular weight is 268 g/mol. The van der Waals surface area contributed by atoms with Crippen molar-refractivity contribution in [3.63, 3.8) is 0 Å². The Morgan fingerprint density at radius 1 is 1.40 bits per heavy atom. The van der Waals surface area contributed by atoms with Gasteiger partial charge in [-0.25, -0.2) is 0 Å². The number of aromatic nitrogens is 2. The predicted octanol–water partition coefficient (Wildman–Crippen LogP) is 2.27. The second-order valence-corrected chi connectivity index (χ2v) is 4.02. The van der Waals surface area contributed by atoms with Gasteiger partial charge in [0.2, 0.25) is 11.8 Å². The van der Waals surface area contributed by atoms with Gasteiger partial charge in [-0.3, -0.25) is 0 Å². The van der Waals surface area contributed by atoms with Crippen molar-refractivity contribution in [3.05, 3.63) is 34.1 Å². The molecule has 15 heavy (non-hydrogen) atoms. The summed E-state index contributed by atoms with van der Waals surface area (Å²) < 4.78 is 6.37. The van der Waals surface area contributed by atoms with Crippen molar-refractivity contribution in [1.29, 1.82) is 0 Å². The van der Waals surface area contributed by atoms with Crippen LogP contribution in [0.3, 0.4) is 0 Å². The van der Waals surface area contributed by atoms with Gasteiger partial charge in [0.1, 0.15) is 0 Å². The fourth-order valence-corrected chi connectivity index (χ4v) is 1.56. The highest BCUT2D eigenvalue weighted by Crippen LogP contribution is 2.24. The molecular formula is C10H10BrN3O. The number of halogens is 1. The molecule has 1 aromatic heterocycles. The smallest absolute Gasteiger partial charge is 0.247 e. The maximum absolute atomic E-state index is 5.39. The maximum atomic E-state index is 5.39. The van der Waals surface area contributed by atoms with Crippen LogP contribution in [0.2, 0.25) is 0 Å². The molecule has 78 valence electrons. The van der Waals surface area contributed by atoms with Crippen molar-refractivity contribution in [2.24, 2.45) is 5.73 Å². The van der Waals surface area contributed by atoms with E-state index in [1.165, 1.54) is 0 Å². The highest BCUT2D eigenvalue weighted by Gasteiger charge is 2.08. The molecule has 0 amide bonds. The molecule has 2 rings (SSSR count). The van der Waals surface area contributed by atoms with E-state index in [0.717, 1.165) is 15.6 Å². The molecular weight excluding hydrogens is 258 g/mol. The Balaban J connectivity index is 2.40. The molecule has 2 N–H and O–H groups in total. The van der Waals surface area contributed by atoms with Gasteiger partial charge in [0.25, 0.3) is 0 Å². The highest BCUT2D eigenvalue weighted by molar-refractivity contribution is 9.10. The number of hydrogen-bond donors (Lipinski definition) is 1. The van der Waals surface area contributed by atoms with E-state index in [9.17, 15) is 0 Å². The van der Waals surface area contributed by atoms with Gasteiger partial charge in [-0.15, -0.1) is 10.2 Å². The summed E-state index contributed by atoms with van der Waals surface area (Å²) in [4.78, 5) is 0. The Hall–Kier alpha value is -1.20. The molecule has 0 aliphatic carbocycles. The summed E-state index contributed by atoms with van der Waals surface area (Å²) in [6.45, 7) is 2.28. The summed E-state index contributed by atoms with van der Waals surface area (Å²) in [6.07, 6.45) is 0. The van der Waals surface area contributed by atoms with Gasteiger partial charge in [-0.05, 0) is 24.6 Å². The van der Waals surface area contributed by atoms with Crippen LogP contribution >= 0.6 is 15.9 Å². The van der Waals surface area contributed by atoms with Gasteiger partial charge in [0, 0.05) is 10.0 Å². The minimum absolute atomic E-state index is 0.264. The molecule has 0 atom stereocenters. The van der Waals surface area contributed by atoms with Gasteiger partial charge >= 0.3 is 0 Å². The van der Waals surface area contributed by atoms with Crippen LogP contribution in [0, 0.1) is 6.92 Å². The molecule has 0 fully saturated rings. The number of hydrogen-bond acceptors (Lipinski definition) is 4. The first-order valence-electron chi connectivity index (χ1n) is 4.49. The summed E-state index contributed by atoms with van der Waals surface area (Å²) >= 11 is 3.45. The first kappa shape index (κ1) is 10.3. The van der Waals surface area contributed by atoms with Gasteiger partial charge in [0.15, 0.2) is 0 Å². The summed E-state index contributed by atoms with van der Waals surface area (Å²) in [5.41, 5.74) is 7.44. The van der Waals surface area contributed by atoms with Crippen LogP contribution in [0.1, 0.15) is 11.5 Å². The zero-order valence-electron chi connectivity index (χ0n) is 8.20. The van der Waals surface area contributed by atoms with E-state index in [4.69, 9.17) is 10.2 Å². The van der Waals surface area contributed by atoms with Gasteiger partial charge in [-0.2, -0.15) is 0 Å². The summed E-state index contributed by atoms with van der Waals surface area (Å²) in [5.74, 6) is 0.942. The van der Waals surface area contributed by atoms with Crippen molar-refractivity contribution >= 4 is 15.9 Å². The van der Waals surface area contributed by atoms with E-state index in [1.54, 1.807) is 0 Å². The Morgan fingerprint density at radius 3 is 2.80 bits per heavy atom. The lowest BCUT2D eigenvalue weighted by Gasteiger charge is -1.99. The quantitative estimate of drug-likeness (QED) is 0.907. The molecule has 0 radical (unpaired) electrons. The second kappa shape index (κ2) is 4.12. The Morgan fingerprint density at radius 2 is 2.20 bits per heavy atom. The minimum Gasteiger partial charge on any atom is -0.419 e. The fourth-order valence-electron chi connectivity index (χ4n) is 1.18. The monoisotopic (exact) mass is 267 g/mol. The Bertz CT molecular complexity index is 481. The molecule has 5 heteroatoms. The fraction of sp³-hybridized carbons (Fsp3) is 0.200. The largest absolute Gasteiger partial charge is 0.419 e. The van der Waals surface area contributed by atoms with Gasteiger partial charge < -0.3 is 10.2 Å². The zero-order chi connectivity index (χ0) is 10.8. The van der Waals surface area contributed by atoms with Crippen molar-refractivity contribution < 1.29 is 4.42 Å². The predicted molar refractivity (Wildman–Crippen MR) is 60.1 cm³/mol. The lowest BCUT2D eigenvalue weighted by atomic mass is 10.1. The van der Waals surface area contributed by atoms with Crippen LogP contribution in [-0.2, 0) is 6.54 Å². The van der Waals surface area contributed by atoms with E-state index in [-0.39, 0.29) is 6.54 Å². The summed E-state index contributed by atoms with van der Waals surface area (Å²) in [5, 5.41) is 7.72. The van der Waals surface area contributed by atoms with Crippen molar-refractivity contribution in [2.45, 2.75) is 13.5 Å². The lowest BCUT2D eigenvalue weighted by molar-refractivity contribution is 0.508. The number of nitrogens with zero attached hydrogens (tertiary/aromatic N) is 2. The number of nitrogens with two attached hydrogens (primary N) is 1. The van der Waals surface area contributed by atoms with Crippen LogP contribution < -0.4 is 5.73 Å². The van der Waals surface area contributed by atoms with Gasteiger partial charge in [0.05, 0.1) is 6.54 Å². The molecule has 0 spiro atoms. The Labute approximate surface area is 95.6 Å². The molecule has 0 bridgehead atoms. The van der Waals surface area contributed by atoms with Crippen LogP contribution in [0.4, 0.5) is 0 Å². The SMILES string of the molecule is Cc1ccc(-c2nnc(CN)o2)cc1Br. The first-order chi connectivity index (χ1) is 7.20. The molecule has 0 saturated carbocycles.